The molecule has 1 heterocycles. The Labute approximate surface area is 73.9 Å². The molecule has 0 saturated carbocycles. The fourth-order valence-corrected chi connectivity index (χ4v) is 2.56. The fraction of sp³-hybridized carbons (Fsp3) is 1.00. The maximum absolute atomic E-state index is 12.0. The minimum atomic E-state index is -4.22. The zero-order chi connectivity index (χ0) is 9.19. The lowest BCUT2D eigenvalue weighted by atomic mass is 10.00. The molecule has 0 aliphatic carbocycles. The number of hydrogen-bond acceptors (Lipinski definition) is 2. The van der Waals surface area contributed by atoms with Gasteiger partial charge in [0.1, 0.15) is 6.04 Å². The number of rotatable bonds is 2. The van der Waals surface area contributed by atoms with Crippen molar-refractivity contribution >= 4 is 11.8 Å². The summed E-state index contributed by atoms with van der Waals surface area (Å²) in [6.45, 7) is 0. The van der Waals surface area contributed by atoms with Crippen LogP contribution in [-0.4, -0.2) is 23.7 Å². The number of nitrogens with two attached hydrogens (primary N) is 1. The maximum atomic E-state index is 12.0. The quantitative estimate of drug-likeness (QED) is 0.736. The second kappa shape index (κ2) is 3.87. The van der Waals surface area contributed by atoms with Crippen LogP contribution in [0.25, 0.3) is 0 Å². The maximum Gasteiger partial charge on any atom is 0.403 e. The van der Waals surface area contributed by atoms with Gasteiger partial charge in [0.25, 0.3) is 0 Å². The van der Waals surface area contributed by atoms with Crippen molar-refractivity contribution in [1.82, 2.24) is 0 Å². The second-order valence-corrected chi connectivity index (χ2v) is 4.26. The minimum Gasteiger partial charge on any atom is -0.320 e. The van der Waals surface area contributed by atoms with E-state index in [4.69, 9.17) is 5.73 Å². The summed E-state index contributed by atoms with van der Waals surface area (Å²) in [6.07, 6.45) is -3.24. The largest absolute Gasteiger partial charge is 0.403 e. The Morgan fingerprint density at radius 1 is 1.50 bits per heavy atom. The van der Waals surface area contributed by atoms with Crippen molar-refractivity contribution < 1.29 is 13.2 Å². The van der Waals surface area contributed by atoms with Crippen molar-refractivity contribution in [3.05, 3.63) is 0 Å². The molecule has 1 rings (SSSR count). The molecular weight excluding hydrogens is 187 g/mol. The highest BCUT2D eigenvalue weighted by Gasteiger charge is 2.38. The van der Waals surface area contributed by atoms with Crippen LogP contribution >= 0.6 is 11.8 Å². The number of halogens is 3. The molecule has 1 saturated heterocycles. The molecule has 0 bridgehead atoms. The normalized spacial score (nSPS) is 27.5. The van der Waals surface area contributed by atoms with Crippen LogP contribution in [0.15, 0.2) is 0 Å². The summed E-state index contributed by atoms with van der Waals surface area (Å²) in [5.74, 6) is 1.99. The van der Waals surface area contributed by atoms with Crippen LogP contribution in [-0.2, 0) is 0 Å². The molecule has 0 aromatic carbocycles. The average Bonchev–Trinajstić information content (AvgIpc) is 2.37. The van der Waals surface area contributed by atoms with E-state index in [1.165, 1.54) is 0 Å². The molecule has 0 aromatic heterocycles. The van der Waals surface area contributed by atoms with Gasteiger partial charge < -0.3 is 5.73 Å². The lowest BCUT2D eigenvalue weighted by molar-refractivity contribution is -0.150. The van der Waals surface area contributed by atoms with Gasteiger partial charge in [-0.2, -0.15) is 24.9 Å². The van der Waals surface area contributed by atoms with Crippen LogP contribution in [0.3, 0.4) is 0 Å². The Balaban J connectivity index is 2.30. The van der Waals surface area contributed by atoms with E-state index in [-0.39, 0.29) is 12.3 Å². The van der Waals surface area contributed by atoms with Gasteiger partial charge in [0.15, 0.2) is 0 Å². The predicted molar refractivity (Wildman–Crippen MR) is 44.1 cm³/mol. The van der Waals surface area contributed by atoms with Crippen molar-refractivity contribution in [3.8, 4) is 0 Å². The lowest BCUT2D eigenvalue weighted by Gasteiger charge is -2.18. The van der Waals surface area contributed by atoms with Crippen molar-refractivity contribution in [3.63, 3.8) is 0 Å². The van der Waals surface area contributed by atoms with E-state index in [1.807, 2.05) is 0 Å². The van der Waals surface area contributed by atoms with Gasteiger partial charge in [0.2, 0.25) is 0 Å². The summed E-state index contributed by atoms with van der Waals surface area (Å²) in [5, 5.41) is 0. The highest BCUT2D eigenvalue weighted by molar-refractivity contribution is 7.99. The van der Waals surface area contributed by atoms with Gasteiger partial charge in [-0.15, -0.1) is 0 Å². The fourth-order valence-electron chi connectivity index (χ4n) is 1.26. The van der Waals surface area contributed by atoms with Gasteiger partial charge in [-0.05, 0) is 30.3 Å². The highest BCUT2D eigenvalue weighted by Crippen LogP contribution is 2.30. The van der Waals surface area contributed by atoms with Gasteiger partial charge >= 0.3 is 6.18 Å². The van der Waals surface area contributed by atoms with Crippen molar-refractivity contribution in [2.75, 3.05) is 11.5 Å². The van der Waals surface area contributed by atoms with Gasteiger partial charge in [0, 0.05) is 0 Å². The molecule has 0 radical (unpaired) electrons. The van der Waals surface area contributed by atoms with E-state index >= 15 is 0 Å². The molecule has 12 heavy (non-hydrogen) atoms. The Morgan fingerprint density at radius 2 is 2.17 bits per heavy atom. The van der Waals surface area contributed by atoms with Crippen LogP contribution in [0, 0.1) is 5.92 Å². The first kappa shape index (κ1) is 10.2. The summed E-state index contributed by atoms with van der Waals surface area (Å²) in [6, 6.07) is -1.62. The van der Waals surface area contributed by atoms with E-state index in [9.17, 15) is 13.2 Å². The first-order chi connectivity index (χ1) is 5.50. The van der Waals surface area contributed by atoms with E-state index in [0.29, 0.717) is 0 Å². The Hall–Kier alpha value is 0.100. The predicted octanol–water partition coefficient (Wildman–Crippen LogP) is 2.02. The molecule has 2 atom stereocenters. The van der Waals surface area contributed by atoms with Crippen molar-refractivity contribution in [2.45, 2.75) is 25.1 Å². The summed E-state index contributed by atoms with van der Waals surface area (Å²) >= 11 is 1.71. The van der Waals surface area contributed by atoms with Crippen LogP contribution in [0.1, 0.15) is 12.8 Å². The third-order valence-corrected chi connectivity index (χ3v) is 3.26. The molecule has 1 fully saturated rings. The first-order valence-corrected chi connectivity index (χ1v) is 5.05. The molecule has 0 amide bonds. The molecular formula is C7H12F3NS. The van der Waals surface area contributed by atoms with Crippen molar-refractivity contribution in [2.24, 2.45) is 11.7 Å². The van der Waals surface area contributed by atoms with E-state index < -0.39 is 12.2 Å². The first-order valence-electron chi connectivity index (χ1n) is 3.90. The van der Waals surface area contributed by atoms with E-state index in [1.54, 1.807) is 11.8 Å². The summed E-state index contributed by atoms with van der Waals surface area (Å²) in [5.41, 5.74) is 5.00. The van der Waals surface area contributed by atoms with Gasteiger partial charge in [0.05, 0.1) is 0 Å². The molecule has 0 spiro atoms. The van der Waals surface area contributed by atoms with Crippen LogP contribution in [0.2, 0.25) is 0 Å². The molecule has 0 aromatic rings. The molecule has 5 heteroatoms. The third kappa shape index (κ3) is 2.86. The lowest BCUT2D eigenvalue weighted by Crippen LogP contribution is -2.38. The number of alkyl halides is 3. The number of thioether (sulfide) groups is 1. The minimum absolute atomic E-state index is 0.0938. The SMILES string of the molecule is NC(CC1CCSC1)C(F)(F)F. The Bertz CT molecular complexity index is 142. The smallest absolute Gasteiger partial charge is 0.320 e. The van der Waals surface area contributed by atoms with Crippen molar-refractivity contribution in [1.29, 1.82) is 0 Å². The van der Waals surface area contributed by atoms with Crippen LogP contribution in [0.4, 0.5) is 13.2 Å². The second-order valence-electron chi connectivity index (χ2n) is 3.11. The van der Waals surface area contributed by atoms with Crippen LogP contribution in [0.5, 0.6) is 0 Å². The molecule has 1 aliphatic heterocycles. The van der Waals surface area contributed by atoms with E-state index in [2.05, 4.69) is 0 Å². The molecule has 1 nitrogen and oxygen atoms in total. The monoisotopic (exact) mass is 199 g/mol. The summed E-state index contributed by atoms with van der Waals surface area (Å²) in [7, 11) is 0. The zero-order valence-electron chi connectivity index (χ0n) is 6.60. The third-order valence-electron chi connectivity index (χ3n) is 2.03. The van der Waals surface area contributed by atoms with E-state index in [0.717, 1.165) is 17.9 Å². The summed E-state index contributed by atoms with van der Waals surface area (Å²) < 4.78 is 35.9. The van der Waals surface area contributed by atoms with Gasteiger partial charge in [-0.3, -0.25) is 0 Å². The average molecular weight is 199 g/mol. The Morgan fingerprint density at radius 3 is 2.58 bits per heavy atom. The molecule has 1 aliphatic rings. The summed E-state index contributed by atoms with van der Waals surface area (Å²) in [4.78, 5) is 0. The topological polar surface area (TPSA) is 26.0 Å². The van der Waals surface area contributed by atoms with Gasteiger partial charge in [-0.25, -0.2) is 0 Å². The molecule has 2 unspecified atom stereocenters. The molecule has 72 valence electrons. The molecule has 2 N–H and O–H groups in total. The highest BCUT2D eigenvalue weighted by atomic mass is 32.2. The van der Waals surface area contributed by atoms with Crippen LogP contribution < -0.4 is 5.73 Å². The Kier molecular flexibility index (Phi) is 3.29. The zero-order valence-corrected chi connectivity index (χ0v) is 7.42. The van der Waals surface area contributed by atoms with Gasteiger partial charge in [-0.1, -0.05) is 0 Å². The standard InChI is InChI=1S/C7H12F3NS/c8-7(9,10)6(11)3-5-1-2-12-4-5/h5-6H,1-4,11H2. The number of hydrogen-bond donors (Lipinski definition) is 1.